The van der Waals surface area contributed by atoms with Crippen molar-refractivity contribution in [1.29, 1.82) is 0 Å². The number of piperazine rings is 1. The lowest BCUT2D eigenvalue weighted by Crippen LogP contribution is -2.54. The predicted molar refractivity (Wildman–Crippen MR) is 73.4 cm³/mol. The zero-order valence-corrected chi connectivity index (χ0v) is 12.3. The van der Waals surface area contributed by atoms with E-state index >= 15 is 0 Å². The van der Waals surface area contributed by atoms with Gasteiger partial charge in [0.1, 0.15) is 0 Å². The van der Waals surface area contributed by atoms with Gasteiger partial charge in [-0.15, -0.1) is 0 Å². The lowest BCUT2D eigenvalue weighted by molar-refractivity contribution is -0.154. The Morgan fingerprint density at radius 1 is 1.15 bits per heavy atom. The first-order chi connectivity index (χ1) is 9.32. The van der Waals surface area contributed by atoms with Crippen LogP contribution in [0.3, 0.4) is 0 Å². The fourth-order valence-electron chi connectivity index (χ4n) is 2.32. The van der Waals surface area contributed by atoms with Crippen molar-refractivity contribution in [1.82, 2.24) is 14.4 Å². The van der Waals surface area contributed by atoms with Gasteiger partial charge < -0.3 is 14.4 Å². The van der Waals surface area contributed by atoms with E-state index in [2.05, 4.69) is 0 Å². The maximum Gasteiger partial charge on any atom is 0.312 e. The second-order valence-corrected chi connectivity index (χ2v) is 5.22. The largest absolute Gasteiger partial charge is 0.351 e. The van der Waals surface area contributed by atoms with E-state index in [1.807, 2.05) is 31.5 Å². The highest BCUT2D eigenvalue weighted by Gasteiger charge is 2.31. The van der Waals surface area contributed by atoms with E-state index in [0.717, 1.165) is 11.4 Å². The van der Waals surface area contributed by atoms with E-state index in [9.17, 15) is 14.4 Å². The van der Waals surface area contributed by atoms with E-state index in [0.29, 0.717) is 18.7 Å². The van der Waals surface area contributed by atoms with Crippen molar-refractivity contribution < 1.29 is 14.4 Å². The number of ketones is 1. The van der Waals surface area contributed by atoms with Crippen LogP contribution in [0.5, 0.6) is 0 Å². The third-order valence-electron chi connectivity index (χ3n) is 3.93. The minimum atomic E-state index is -0.600. The first kappa shape index (κ1) is 14.3. The molecular formula is C14H19N3O3. The van der Waals surface area contributed by atoms with Gasteiger partial charge in [-0.3, -0.25) is 14.4 Å². The Labute approximate surface area is 117 Å². The van der Waals surface area contributed by atoms with Crippen LogP contribution < -0.4 is 0 Å². The van der Waals surface area contributed by atoms with Crippen LogP contribution in [-0.4, -0.2) is 58.6 Å². The van der Waals surface area contributed by atoms with Gasteiger partial charge in [0.05, 0.1) is 6.54 Å². The van der Waals surface area contributed by atoms with Crippen molar-refractivity contribution in [3.63, 3.8) is 0 Å². The molecule has 0 bridgehead atoms. The summed E-state index contributed by atoms with van der Waals surface area (Å²) in [6.45, 7) is 4.62. The van der Waals surface area contributed by atoms with Crippen LogP contribution in [0, 0.1) is 13.8 Å². The minimum absolute atomic E-state index is 0.0390. The number of carbonyl (C=O) groups excluding carboxylic acids is 3. The van der Waals surface area contributed by atoms with Crippen molar-refractivity contribution in [3.05, 3.63) is 23.0 Å². The van der Waals surface area contributed by atoms with Gasteiger partial charge in [-0.25, -0.2) is 0 Å². The molecule has 20 heavy (non-hydrogen) atoms. The third-order valence-corrected chi connectivity index (χ3v) is 3.93. The molecule has 6 heteroatoms. The van der Waals surface area contributed by atoms with E-state index in [4.69, 9.17) is 0 Å². The highest BCUT2D eigenvalue weighted by molar-refractivity contribution is 6.35. The molecule has 1 fully saturated rings. The molecule has 1 aromatic heterocycles. The van der Waals surface area contributed by atoms with Crippen molar-refractivity contribution >= 4 is 17.6 Å². The molecule has 2 rings (SSSR count). The summed E-state index contributed by atoms with van der Waals surface area (Å²) in [5.74, 6) is -1.28. The van der Waals surface area contributed by atoms with Gasteiger partial charge in [-0.05, 0) is 19.9 Å². The number of aromatic nitrogens is 1. The molecule has 2 heterocycles. The van der Waals surface area contributed by atoms with Crippen molar-refractivity contribution in [2.24, 2.45) is 7.05 Å². The standard InChI is InChI=1S/C14H19N3O3/c1-9-7-11(10(2)16(9)4)12(18)8-17-6-5-15(3)13(19)14(17)20/h7H,5-6,8H2,1-4H3. The lowest BCUT2D eigenvalue weighted by Gasteiger charge is -2.30. The summed E-state index contributed by atoms with van der Waals surface area (Å²) in [5, 5.41) is 0. The Kier molecular flexibility index (Phi) is 3.65. The van der Waals surface area contributed by atoms with Gasteiger partial charge in [-0.1, -0.05) is 0 Å². The quantitative estimate of drug-likeness (QED) is 0.582. The number of likely N-dealkylation sites (N-methyl/N-ethyl adjacent to an activating group) is 1. The second kappa shape index (κ2) is 5.11. The number of amides is 2. The van der Waals surface area contributed by atoms with Crippen molar-refractivity contribution in [2.45, 2.75) is 13.8 Å². The highest BCUT2D eigenvalue weighted by atomic mass is 16.2. The van der Waals surface area contributed by atoms with E-state index in [1.54, 1.807) is 7.05 Å². The van der Waals surface area contributed by atoms with Gasteiger partial charge >= 0.3 is 11.8 Å². The zero-order valence-electron chi connectivity index (χ0n) is 12.3. The van der Waals surface area contributed by atoms with Crippen LogP contribution >= 0.6 is 0 Å². The van der Waals surface area contributed by atoms with Gasteiger partial charge in [0, 0.05) is 44.1 Å². The molecule has 0 spiro atoms. The summed E-state index contributed by atoms with van der Waals surface area (Å²) in [5.41, 5.74) is 2.48. The summed E-state index contributed by atoms with van der Waals surface area (Å²) in [7, 11) is 3.48. The van der Waals surface area contributed by atoms with E-state index in [-0.39, 0.29) is 12.3 Å². The Bertz CT molecular complexity index is 589. The van der Waals surface area contributed by atoms with Crippen molar-refractivity contribution in [2.75, 3.05) is 26.7 Å². The summed E-state index contributed by atoms with van der Waals surface area (Å²) in [4.78, 5) is 38.4. The first-order valence-electron chi connectivity index (χ1n) is 6.53. The first-order valence-corrected chi connectivity index (χ1v) is 6.53. The molecule has 0 aromatic carbocycles. The molecule has 0 radical (unpaired) electrons. The molecule has 0 N–H and O–H groups in total. The summed E-state index contributed by atoms with van der Waals surface area (Å²) in [6.07, 6.45) is 0. The molecule has 0 saturated carbocycles. The molecule has 0 unspecified atom stereocenters. The number of Topliss-reactive ketones (excluding diaryl/α,β-unsaturated/α-hetero) is 1. The van der Waals surface area contributed by atoms with Gasteiger partial charge in [0.25, 0.3) is 0 Å². The fourth-order valence-corrected chi connectivity index (χ4v) is 2.32. The molecule has 1 aliphatic rings. The third kappa shape index (κ3) is 2.33. The number of hydrogen-bond acceptors (Lipinski definition) is 3. The van der Waals surface area contributed by atoms with E-state index < -0.39 is 11.8 Å². The van der Waals surface area contributed by atoms with Gasteiger partial charge in [0.2, 0.25) is 0 Å². The predicted octanol–water partition coefficient (Wildman–Crippen LogP) is 0.125. The van der Waals surface area contributed by atoms with Crippen LogP contribution in [-0.2, 0) is 16.6 Å². The number of aryl methyl sites for hydroxylation is 1. The van der Waals surface area contributed by atoms with Crippen LogP contribution in [0.2, 0.25) is 0 Å². The van der Waals surface area contributed by atoms with E-state index in [1.165, 1.54) is 9.80 Å². The molecular weight excluding hydrogens is 258 g/mol. The molecule has 0 atom stereocenters. The Morgan fingerprint density at radius 3 is 2.35 bits per heavy atom. The molecule has 1 saturated heterocycles. The average molecular weight is 277 g/mol. The Morgan fingerprint density at radius 2 is 1.80 bits per heavy atom. The molecule has 0 aliphatic carbocycles. The van der Waals surface area contributed by atoms with Gasteiger partial charge in [0.15, 0.2) is 5.78 Å². The lowest BCUT2D eigenvalue weighted by atomic mass is 10.1. The fraction of sp³-hybridized carbons (Fsp3) is 0.500. The summed E-state index contributed by atoms with van der Waals surface area (Å²) >= 11 is 0. The highest BCUT2D eigenvalue weighted by Crippen LogP contribution is 2.15. The molecule has 2 amide bonds. The monoisotopic (exact) mass is 277 g/mol. The van der Waals surface area contributed by atoms with Crippen LogP contribution in [0.1, 0.15) is 21.7 Å². The summed E-state index contributed by atoms with van der Waals surface area (Å²) < 4.78 is 1.93. The maximum atomic E-state index is 12.3. The molecule has 1 aliphatic heterocycles. The topological polar surface area (TPSA) is 62.6 Å². The maximum absolute atomic E-state index is 12.3. The van der Waals surface area contributed by atoms with Crippen LogP contribution in [0.4, 0.5) is 0 Å². The minimum Gasteiger partial charge on any atom is -0.351 e. The molecule has 1 aromatic rings. The Balaban J connectivity index is 2.14. The number of nitrogens with zero attached hydrogens (tertiary/aromatic N) is 3. The SMILES string of the molecule is Cc1cc(C(=O)CN2CCN(C)C(=O)C2=O)c(C)n1C. The Hall–Kier alpha value is -2.11. The number of rotatable bonds is 3. The normalized spacial score (nSPS) is 16.0. The smallest absolute Gasteiger partial charge is 0.312 e. The number of hydrogen-bond donors (Lipinski definition) is 0. The van der Waals surface area contributed by atoms with Crippen LogP contribution in [0.15, 0.2) is 6.07 Å². The average Bonchev–Trinajstić information content (AvgIpc) is 2.67. The van der Waals surface area contributed by atoms with Crippen LogP contribution in [0.25, 0.3) is 0 Å². The second-order valence-electron chi connectivity index (χ2n) is 5.22. The molecule has 108 valence electrons. The van der Waals surface area contributed by atoms with Crippen molar-refractivity contribution in [3.8, 4) is 0 Å². The van der Waals surface area contributed by atoms with Gasteiger partial charge in [-0.2, -0.15) is 0 Å². The number of carbonyl (C=O) groups is 3. The zero-order chi connectivity index (χ0) is 15.0. The summed E-state index contributed by atoms with van der Waals surface area (Å²) in [6, 6.07) is 1.82. The molecule has 6 nitrogen and oxygen atoms in total.